The van der Waals surface area contributed by atoms with Gasteiger partial charge >= 0.3 is 0 Å². The number of para-hydroxylation sites is 2. The molecule has 4 rings (SSSR count). The lowest BCUT2D eigenvalue weighted by atomic mass is 9.95. The highest BCUT2D eigenvalue weighted by Crippen LogP contribution is 2.45. The average Bonchev–Trinajstić information content (AvgIpc) is 3.09. The molecule has 1 fully saturated rings. The molecule has 0 radical (unpaired) electrons. The Bertz CT molecular complexity index is 1220. The van der Waals surface area contributed by atoms with Crippen LogP contribution in [0.4, 0.5) is 5.69 Å². The third kappa shape index (κ3) is 3.59. The van der Waals surface area contributed by atoms with Crippen LogP contribution in [-0.2, 0) is 9.59 Å². The van der Waals surface area contributed by atoms with Gasteiger partial charge in [0.05, 0.1) is 36.5 Å². The molecule has 0 bridgehead atoms. The summed E-state index contributed by atoms with van der Waals surface area (Å²) in [6, 6.07) is 19.8. The average molecular weight is 450 g/mol. The van der Waals surface area contributed by atoms with Crippen molar-refractivity contribution in [2.45, 2.75) is 6.04 Å². The summed E-state index contributed by atoms with van der Waals surface area (Å²) < 4.78 is 10.7. The highest BCUT2D eigenvalue weighted by atomic mass is 35.5. The molecule has 1 N–H and O–H groups in total. The Morgan fingerprint density at radius 3 is 2.25 bits per heavy atom. The van der Waals surface area contributed by atoms with Crippen molar-refractivity contribution in [3.05, 3.63) is 94.5 Å². The molecule has 1 heterocycles. The van der Waals surface area contributed by atoms with Gasteiger partial charge in [0.2, 0.25) is 0 Å². The number of methoxy groups -OCH3 is 2. The van der Waals surface area contributed by atoms with Crippen LogP contribution in [0.1, 0.15) is 17.2 Å². The Labute approximate surface area is 190 Å². The Morgan fingerprint density at radius 1 is 0.906 bits per heavy atom. The summed E-state index contributed by atoms with van der Waals surface area (Å²) in [7, 11) is 2.95. The van der Waals surface area contributed by atoms with Crippen molar-refractivity contribution in [2.24, 2.45) is 0 Å². The second kappa shape index (κ2) is 8.77. The number of hydrogen-bond donors (Lipinski definition) is 1. The third-order valence-corrected chi connectivity index (χ3v) is 5.64. The Hall–Kier alpha value is -3.77. The van der Waals surface area contributed by atoms with Gasteiger partial charge in [-0.3, -0.25) is 14.5 Å². The number of ether oxygens (including phenoxy) is 2. The molecule has 162 valence electrons. The van der Waals surface area contributed by atoms with Crippen LogP contribution >= 0.6 is 11.6 Å². The number of carbonyl (C=O) groups is 2. The smallest absolute Gasteiger partial charge is 0.300 e. The monoisotopic (exact) mass is 449 g/mol. The summed E-state index contributed by atoms with van der Waals surface area (Å²) in [6.45, 7) is 0. The summed E-state index contributed by atoms with van der Waals surface area (Å²) in [4.78, 5) is 27.8. The number of aliphatic hydroxyl groups excluding tert-OH is 1. The number of rotatable bonds is 5. The van der Waals surface area contributed by atoms with E-state index in [0.29, 0.717) is 33.3 Å². The van der Waals surface area contributed by atoms with E-state index in [-0.39, 0.29) is 11.3 Å². The van der Waals surface area contributed by atoms with E-state index < -0.39 is 17.7 Å². The van der Waals surface area contributed by atoms with Gasteiger partial charge in [-0.1, -0.05) is 54.1 Å². The van der Waals surface area contributed by atoms with Crippen molar-refractivity contribution in [1.82, 2.24) is 0 Å². The Morgan fingerprint density at radius 2 is 1.56 bits per heavy atom. The topological polar surface area (TPSA) is 76.1 Å². The lowest BCUT2D eigenvalue weighted by molar-refractivity contribution is -0.132. The number of ketones is 1. The molecule has 1 saturated heterocycles. The number of carbonyl (C=O) groups excluding carboxylic acids is 2. The maximum atomic E-state index is 13.2. The highest BCUT2D eigenvalue weighted by molar-refractivity contribution is 6.52. The number of halogens is 1. The Balaban J connectivity index is 1.96. The predicted molar refractivity (Wildman–Crippen MR) is 122 cm³/mol. The molecule has 7 heteroatoms. The van der Waals surface area contributed by atoms with E-state index in [0.717, 1.165) is 0 Å². The van der Waals surface area contributed by atoms with E-state index in [2.05, 4.69) is 0 Å². The van der Waals surface area contributed by atoms with Gasteiger partial charge in [-0.05, 0) is 35.9 Å². The predicted octanol–water partition coefficient (Wildman–Crippen LogP) is 4.98. The molecular formula is C25H20ClNO5. The molecule has 0 spiro atoms. The van der Waals surface area contributed by atoms with Crippen molar-refractivity contribution < 1.29 is 24.2 Å². The standard InChI is InChI=1S/C25H20ClNO5/c1-31-19-11-7-6-10-18(19)27-22(15-8-4-3-5-9-15)21(24(29)25(27)30)23(28)16-12-13-17(26)20(14-16)32-2/h3-14,22,28H,1-2H3/b23-21-. The van der Waals surface area contributed by atoms with Crippen LogP contribution in [0.5, 0.6) is 11.5 Å². The number of benzene rings is 3. The summed E-state index contributed by atoms with van der Waals surface area (Å²) >= 11 is 6.11. The van der Waals surface area contributed by atoms with Gasteiger partial charge in [0.25, 0.3) is 11.7 Å². The van der Waals surface area contributed by atoms with Crippen molar-refractivity contribution in [3.8, 4) is 11.5 Å². The number of nitrogens with zero attached hydrogens (tertiary/aromatic N) is 1. The van der Waals surface area contributed by atoms with Crippen LogP contribution in [0.15, 0.2) is 78.4 Å². The quantitative estimate of drug-likeness (QED) is 0.337. The van der Waals surface area contributed by atoms with Crippen LogP contribution in [0, 0.1) is 0 Å². The second-order valence-electron chi connectivity index (χ2n) is 7.10. The molecule has 1 aliphatic rings. The zero-order chi connectivity index (χ0) is 22.8. The largest absolute Gasteiger partial charge is 0.507 e. The summed E-state index contributed by atoms with van der Waals surface area (Å²) in [5.74, 6) is -1.10. The summed E-state index contributed by atoms with van der Waals surface area (Å²) in [6.07, 6.45) is 0. The maximum absolute atomic E-state index is 13.2. The molecule has 1 unspecified atom stereocenters. The molecule has 3 aromatic rings. The first-order valence-electron chi connectivity index (χ1n) is 9.80. The van der Waals surface area contributed by atoms with E-state index in [4.69, 9.17) is 21.1 Å². The van der Waals surface area contributed by atoms with Crippen molar-refractivity contribution in [1.29, 1.82) is 0 Å². The molecule has 1 amide bonds. The van der Waals surface area contributed by atoms with Crippen molar-refractivity contribution >= 4 is 34.7 Å². The van der Waals surface area contributed by atoms with E-state index in [1.54, 1.807) is 48.5 Å². The molecular weight excluding hydrogens is 430 g/mol. The van der Waals surface area contributed by atoms with E-state index in [9.17, 15) is 14.7 Å². The van der Waals surface area contributed by atoms with Crippen LogP contribution < -0.4 is 14.4 Å². The fraction of sp³-hybridized carbons (Fsp3) is 0.120. The van der Waals surface area contributed by atoms with Gasteiger partial charge in [0.15, 0.2) is 0 Å². The van der Waals surface area contributed by atoms with E-state index in [1.807, 2.05) is 18.2 Å². The third-order valence-electron chi connectivity index (χ3n) is 5.33. The first-order valence-corrected chi connectivity index (χ1v) is 10.2. The first kappa shape index (κ1) is 21.5. The van der Waals surface area contributed by atoms with E-state index in [1.165, 1.54) is 25.2 Å². The fourth-order valence-corrected chi connectivity index (χ4v) is 4.02. The molecule has 6 nitrogen and oxygen atoms in total. The SMILES string of the molecule is COc1cc(/C(O)=C2/C(=O)C(=O)N(c3ccccc3OC)C2c2ccccc2)ccc1Cl. The Kier molecular flexibility index (Phi) is 5.88. The van der Waals surface area contributed by atoms with Gasteiger partial charge in [-0.25, -0.2) is 0 Å². The first-order chi connectivity index (χ1) is 15.5. The van der Waals surface area contributed by atoms with Gasteiger partial charge in [-0.2, -0.15) is 0 Å². The van der Waals surface area contributed by atoms with Crippen LogP contribution in [0.2, 0.25) is 5.02 Å². The normalized spacial score (nSPS) is 17.5. The lowest BCUT2D eigenvalue weighted by Crippen LogP contribution is -2.29. The van der Waals surface area contributed by atoms with Gasteiger partial charge in [0.1, 0.15) is 17.3 Å². The zero-order valence-corrected chi connectivity index (χ0v) is 18.2. The number of amides is 1. The minimum atomic E-state index is -0.853. The molecule has 3 aromatic carbocycles. The molecule has 0 aromatic heterocycles. The van der Waals surface area contributed by atoms with E-state index >= 15 is 0 Å². The van der Waals surface area contributed by atoms with Crippen molar-refractivity contribution in [3.63, 3.8) is 0 Å². The van der Waals surface area contributed by atoms with Crippen LogP contribution in [0.25, 0.3) is 5.76 Å². The highest BCUT2D eigenvalue weighted by Gasteiger charge is 2.47. The van der Waals surface area contributed by atoms with Gasteiger partial charge in [-0.15, -0.1) is 0 Å². The van der Waals surface area contributed by atoms with Gasteiger partial charge in [0, 0.05) is 5.56 Å². The number of Topliss-reactive ketones (excluding diaryl/α,β-unsaturated/α-hetero) is 1. The molecule has 1 atom stereocenters. The van der Waals surface area contributed by atoms with Crippen LogP contribution in [-0.4, -0.2) is 31.0 Å². The second-order valence-corrected chi connectivity index (χ2v) is 7.51. The molecule has 0 saturated carbocycles. The number of aliphatic hydroxyl groups is 1. The zero-order valence-electron chi connectivity index (χ0n) is 17.4. The molecule has 0 aliphatic carbocycles. The van der Waals surface area contributed by atoms with Crippen molar-refractivity contribution in [2.75, 3.05) is 19.1 Å². The minimum absolute atomic E-state index is 0.0310. The molecule has 1 aliphatic heterocycles. The summed E-state index contributed by atoms with van der Waals surface area (Å²) in [5, 5.41) is 11.6. The summed E-state index contributed by atoms with van der Waals surface area (Å²) in [5.41, 5.74) is 1.38. The molecule has 32 heavy (non-hydrogen) atoms. The number of hydrogen-bond acceptors (Lipinski definition) is 5. The lowest BCUT2D eigenvalue weighted by Gasteiger charge is -2.26. The van der Waals surface area contributed by atoms with Crippen LogP contribution in [0.3, 0.4) is 0 Å². The van der Waals surface area contributed by atoms with Gasteiger partial charge < -0.3 is 14.6 Å². The fourth-order valence-electron chi connectivity index (χ4n) is 3.82. The number of anilines is 1. The minimum Gasteiger partial charge on any atom is -0.507 e. The maximum Gasteiger partial charge on any atom is 0.300 e.